The minimum Gasteiger partial charge on any atom is -0.379 e. The number of nitrogens with zero attached hydrogens (tertiary/aromatic N) is 1. The number of thioether (sulfide) groups is 2. The third-order valence-corrected chi connectivity index (χ3v) is 5.58. The molecule has 5 N–H and O–H groups in total. The maximum absolute atomic E-state index is 7.80. The molecule has 0 saturated carbocycles. The van der Waals surface area contributed by atoms with Crippen molar-refractivity contribution in [1.82, 2.24) is 9.97 Å². The molecule has 0 radical (unpaired) electrons. The van der Waals surface area contributed by atoms with E-state index in [1.54, 1.807) is 18.1 Å². The Morgan fingerprint density at radius 1 is 1.20 bits per heavy atom. The summed E-state index contributed by atoms with van der Waals surface area (Å²) in [6, 6.07) is 8.67. The first-order valence-electron chi connectivity index (χ1n) is 8.26. The molecule has 0 unspecified atom stereocenters. The van der Waals surface area contributed by atoms with Gasteiger partial charge in [0.15, 0.2) is 5.17 Å². The highest BCUT2D eigenvalue weighted by Gasteiger charge is 2.12. The van der Waals surface area contributed by atoms with Crippen LogP contribution in [-0.2, 0) is 19.3 Å². The summed E-state index contributed by atoms with van der Waals surface area (Å²) in [6.45, 7) is 1.85. The number of aromatic amines is 1. The van der Waals surface area contributed by atoms with E-state index in [-0.39, 0.29) is 5.17 Å². The van der Waals surface area contributed by atoms with Gasteiger partial charge in [0, 0.05) is 22.9 Å². The van der Waals surface area contributed by atoms with E-state index in [4.69, 9.17) is 16.6 Å². The summed E-state index contributed by atoms with van der Waals surface area (Å²) in [7, 11) is 0. The van der Waals surface area contributed by atoms with Gasteiger partial charge in [0.25, 0.3) is 0 Å². The van der Waals surface area contributed by atoms with Crippen molar-refractivity contribution >= 4 is 33.7 Å². The van der Waals surface area contributed by atoms with Crippen LogP contribution in [0.15, 0.2) is 36.8 Å². The summed E-state index contributed by atoms with van der Waals surface area (Å²) in [5.74, 6) is 0.838. The Labute approximate surface area is 157 Å². The van der Waals surface area contributed by atoms with Crippen LogP contribution in [0.25, 0.3) is 0 Å². The van der Waals surface area contributed by atoms with Crippen LogP contribution in [0, 0.1) is 10.8 Å². The first-order valence-corrected chi connectivity index (χ1v) is 10.1. The van der Waals surface area contributed by atoms with Crippen molar-refractivity contribution in [2.24, 2.45) is 5.73 Å². The smallest absolute Gasteiger partial charge is 0.151 e. The molecule has 25 heavy (non-hydrogen) atoms. The molecule has 1 aromatic carbocycles. The zero-order chi connectivity index (χ0) is 18.1. The van der Waals surface area contributed by atoms with Gasteiger partial charge in [-0.25, -0.2) is 4.98 Å². The van der Waals surface area contributed by atoms with E-state index in [0.717, 1.165) is 37.1 Å². The molecule has 0 saturated heterocycles. The number of benzene rings is 1. The molecule has 0 aliphatic carbocycles. The SMILES string of the molecule is CC(=N)S[C@H](CCc1cnc[nH]1)Cc1ccc(CCSC(=N)N)cc1. The van der Waals surface area contributed by atoms with Gasteiger partial charge in [-0.05, 0) is 43.7 Å². The maximum atomic E-state index is 7.80. The summed E-state index contributed by atoms with van der Waals surface area (Å²) in [5, 5.41) is 16.3. The fourth-order valence-corrected chi connectivity index (χ4v) is 4.14. The first-order chi connectivity index (χ1) is 12.0. The number of nitrogens with two attached hydrogens (primary N) is 1. The average Bonchev–Trinajstić information content (AvgIpc) is 3.07. The van der Waals surface area contributed by atoms with Gasteiger partial charge in [-0.3, -0.25) is 10.8 Å². The monoisotopic (exact) mass is 375 g/mol. The zero-order valence-corrected chi connectivity index (χ0v) is 16.1. The van der Waals surface area contributed by atoms with Crippen molar-refractivity contribution in [1.29, 1.82) is 10.8 Å². The summed E-state index contributed by atoms with van der Waals surface area (Å²) in [6.07, 6.45) is 7.42. The fraction of sp³-hybridized carbons (Fsp3) is 0.389. The number of hydrogen-bond donors (Lipinski definition) is 4. The zero-order valence-electron chi connectivity index (χ0n) is 14.4. The van der Waals surface area contributed by atoms with Crippen LogP contribution in [0.4, 0.5) is 0 Å². The largest absolute Gasteiger partial charge is 0.379 e. The average molecular weight is 376 g/mol. The molecule has 2 aromatic rings. The van der Waals surface area contributed by atoms with E-state index in [1.165, 1.54) is 22.9 Å². The van der Waals surface area contributed by atoms with Gasteiger partial charge in [-0.15, -0.1) is 11.8 Å². The molecule has 1 aromatic heterocycles. The van der Waals surface area contributed by atoms with Crippen LogP contribution in [0.3, 0.4) is 0 Å². The molecular weight excluding hydrogens is 350 g/mol. The van der Waals surface area contributed by atoms with Crippen LogP contribution in [0.2, 0.25) is 0 Å². The molecule has 0 amide bonds. The van der Waals surface area contributed by atoms with Gasteiger partial charge >= 0.3 is 0 Å². The highest BCUT2D eigenvalue weighted by Crippen LogP contribution is 2.22. The number of aromatic nitrogens is 2. The summed E-state index contributed by atoms with van der Waals surface area (Å²) < 4.78 is 0. The highest BCUT2D eigenvalue weighted by atomic mass is 32.2. The minimum atomic E-state index is 0.177. The van der Waals surface area contributed by atoms with E-state index in [9.17, 15) is 0 Å². The number of rotatable bonds is 9. The minimum absolute atomic E-state index is 0.177. The van der Waals surface area contributed by atoms with Crippen molar-refractivity contribution in [3.63, 3.8) is 0 Å². The molecule has 0 spiro atoms. The Bertz CT molecular complexity index is 667. The molecule has 0 aliphatic rings. The molecule has 0 fully saturated rings. The van der Waals surface area contributed by atoms with Gasteiger partial charge in [-0.1, -0.05) is 36.0 Å². The Morgan fingerprint density at radius 2 is 1.92 bits per heavy atom. The lowest BCUT2D eigenvalue weighted by atomic mass is 10.0. The Hall–Kier alpha value is -1.73. The lowest BCUT2D eigenvalue weighted by Crippen LogP contribution is -2.11. The number of H-pyrrole nitrogens is 1. The Balaban J connectivity index is 1.88. The third-order valence-electron chi connectivity index (χ3n) is 3.77. The number of aryl methyl sites for hydroxylation is 2. The molecular formula is C18H25N5S2. The van der Waals surface area contributed by atoms with E-state index in [1.807, 2.05) is 13.1 Å². The van der Waals surface area contributed by atoms with Gasteiger partial charge in [0.1, 0.15) is 0 Å². The van der Waals surface area contributed by atoms with Crippen LogP contribution >= 0.6 is 23.5 Å². The van der Waals surface area contributed by atoms with Crippen molar-refractivity contribution in [2.45, 2.75) is 37.9 Å². The molecule has 7 heteroatoms. The van der Waals surface area contributed by atoms with E-state index < -0.39 is 0 Å². The molecule has 134 valence electrons. The van der Waals surface area contributed by atoms with E-state index >= 15 is 0 Å². The predicted octanol–water partition coefficient (Wildman–Crippen LogP) is 3.85. The number of nitrogens with one attached hydrogen (secondary N) is 3. The number of imidazole rings is 1. The normalized spacial score (nSPS) is 12.0. The van der Waals surface area contributed by atoms with E-state index in [0.29, 0.717) is 10.3 Å². The van der Waals surface area contributed by atoms with Crippen LogP contribution in [-0.4, -0.2) is 31.2 Å². The highest BCUT2D eigenvalue weighted by molar-refractivity contribution is 8.14. The van der Waals surface area contributed by atoms with Crippen molar-refractivity contribution < 1.29 is 0 Å². The molecule has 0 aliphatic heterocycles. The van der Waals surface area contributed by atoms with Gasteiger partial charge in [-0.2, -0.15) is 0 Å². The van der Waals surface area contributed by atoms with Crippen LogP contribution in [0.5, 0.6) is 0 Å². The second-order valence-electron chi connectivity index (χ2n) is 5.89. The fourth-order valence-electron chi connectivity index (χ4n) is 2.57. The molecule has 0 bridgehead atoms. The molecule has 5 nitrogen and oxygen atoms in total. The Morgan fingerprint density at radius 3 is 2.52 bits per heavy atom. The number of hydrogen-bond acceptors (Lipinski definition) is 5. The number of amidine groups is 1. The van der Waals surface area contributed by atoms with Crippen LogP contribution < -0.4 is 5.73 Å². The maximum Gasteiger partial charge on any atom is 0.151 e. The molecule has 2 rings (SSSR count). The third kappa shape index (κ3) is 7.79. The van der Waals surface area contributed by atoms with Crippen molar-refractivity contribution in [3.05, 3.63) is 53.6 Å². The van der Waals surface area contributed by atoms with Gasteiger partial charge < -0.3 is 10.7 Å². The second kappa shape index (κ2) is 10.3. The second-order valence-corrected chi connectivity index (χ2v) is 8.55. The van der Waals surface area contributed by atoms with Crippen LogP contribution in [0.1, 0.15) is 30.2 Å². The summed E-state index contributed by atoms with van der Waals surface area (Å²) in [5.41, 5.74) is 9.07. The van der Waals surface area contributed by atoms with Crippen molar-refractivity contribution in [3.8, 4) is 0 Å². The summed E-state index contributed by atoms with van der Waals surface area (Å²) >= 11 is 3.02. The topological polar surface area (TPSA) is 102 Å². The lowest BCUT2D eigenvalue weighted by Gasteiger charge is -2.16. The first kappa shape index (κ1) is 19.6. The molecule has 1 atom stereocenters. The van der Waals surface area contributed by atoms with Gasteiger partial charge in [0.05, 0.1) is 11.4 Å². The quantitative estimate of drug-likeness (QED) is 0.395. The predicted molar refractivity (Wildman–Crippen MR) is 110 cm³/mol. The molecule has 1 heterocycles. The lowest BCUT2D eigenvalue weighted by molar-refractivity contribution is 0.745. The Kier molecular flexibility index (Phi) is 8.08. The van der Waals surface area contributed by atoms with E-state index in [2.05, 4.69) is 34.2 Å². The van der Waals surface area contributed by atoms with Gasteiger partial charge in [0.2, 0.25) is 0 Å². The summed E-state index contributed by atoms with van der Waals surface area (Å²) in [4.78, 5) is 7.21. The standard InChI is InChI=1S/C18H25N5S2/c1-13(19)25-17(7-6-16-11-22-12-23-16)10-15-4-2-14(3-5-15)8-9-24-18(20)21/h2-5,11-12,17,19H,6-10H2,1H3,(H3,20,21)(H,22,23)/t17-/m1/s1. The van der Waals surface area contributed by atoms with Crippen molar-refractivity contribution in [2.75, 3.05) is 5.75 Å².